The van der Waals surface area contributed by atoms with E-state index in [-0.39, 0.29) is 53.7 Å². The lowest BCUT2D eigenvalue weighted by molar-refractivity contribution is -0.225. The van der Waals surface area contributed by atoms with Gasteiger partial charge >= 0.3 is 29.8 Å². The molecule has 10 fully saturated rings. The third kappa shape index (κ3) is 15.1. The van der Waals surface area contributed by atoms with E-state index >= 15 is 0 Å². The minimum absolute atomic E-state index is 0.0185. The van der Waals surface area contributed by atoms with Crippen LogP contribution in [0.5, 0.6) is 17.2 Å². The summed E-state index contributed by atoms with van der Waals surface area (Å²) >= 11 is 0. The highest BCUT2D eigenvalue weighted by Crippen LogP contribution is 2.61. The number of benzene rings is 2. The van der Waals surface area contributed by atoms with Crippen molar-refractivity contribution < 1.29 is 76.4 Å². The Morgan fingerprint density at radius 2 is 1.10 bits per heavy atom. The second-order valence-electron chi connectivity index (χ2n) is 28.3. The first kappa shape index (κ1) is 66.6. The lowest BCUT2D eigenvalue weighted by Gasteiger charge is -2.59. The maximum absolute atomic E-state index is 12.5. The molecule has 2 aromatic carbocycles. The van der Waals surface area contributed by atoms with E-state index in [1.807, 2.05) is 98.7 Å². The molecule has 10 aliphatic rings. The van der Waals surface area contributed by atoms with Crippen LogP contribution >= 0.6 is 0 Å². The molecule has 0 radical (unpaired) electrons. The molecule has 3 atom stereocenters. The van der Waals surface area contributed by atoms with Gasteiger partial charge in [-0.3, -0.25) is 19.2 Å². The van der Waals surface area contributed by atoms with Crippen molar-refractivity contribution in [3.8, 4) is 17.2 Å². The largest absolute Gasteiger partial charge is 0.497 e. The molecule has 2 aliphatic heterocycles. The summed E-state index contributed by atoms with van der Waals surface area (Å²) in [7, 11) is 3.21. The molecule has 16 nitrogen and oxygen atoms in total. The summed E-state index contributed by atoms with van der Waals surface area (Å²) < 4.78 is 56.0. The van der Waals surface area contributed by atoms with Crippen molar-refractivity contribution in [2.75, 3.05) is 47.3 Å². The van der Waals surface area contributed by atoms with E-state index in [2.05, 4.69) is 13.8 Å². The molecule has 8 bridgehead atoms. The number of aliphatic hydroxyl groups is 1. The van der Waals surface area contributed by atoms with E-state index in [1.54, 1.807) is 34.1 Å². The molecule has 12 rings (SSSR count). The van der Waals surface area contributed by atoms with Gasteiger partial charge in [-0.25, -0.2) is 4.79 Å². The number of rotatable bonds is 19. The Kier molecular flexibility index (Phi) is 21.1. The van der Waals surface area contributed by atoms with Gasteiger partial charge in [-0.15, -0.1) is 0 Å². The van der Waals surface area contributed by atoms with Crippen LogP contribution in [0, 0.1) is 57.2 Å². The van der Waals surface area contributed by atoms with Crippen LogP contribution < -0.4 is 14.2 Å². The Morgan fingerprint density at radius 1 is 0.595 bits per heavy atom. The van der Waals surface area contributed by atoms with Crippen LogP contribution in [0.2, 0.25) is 0 Å². The second-order valence-corrected chi connectivity index (χ2v) is 28.3. The van der Waals surface area contributed by atoms with Crippen LogP contribution in [0.1, 0.15) is 204 Å². The van der Waals surface area contributed by atoms with Crippen molar-refractivity contribution in [1.82, 2.24) is 0 Å². The lowest BCUT2D eigenvalue weighted by Crippen LogP contribution is -2.61. The summed E-state index contributed by atoms with van der Waals surface area (Å²) in [6.07, 6.45) is 15.1. The normalized spacial score (nSPS) is 29.6. The van der Waals surface area contributed by atoms with E-state index in [0.717, 1.165) is 67.9 Å². The molecule has 8 saturated carbocycles. The van der Waals surface area contributed by atoms with Gasteiger partial charge in [0.15, 0.2) is 0 Å². The van der Waals surface area contributed by atoms with Crippen molar-refractivity contribution in [2.45, 2.75) is 221 Å². The van der Waals surface area contributed by atoms with Crippen molar-refractivity contribution in [3.63, 3.8) is 0 Å². The zero-order valence-corrected chi connectivity index (χ0v) is 53.5. The Hall–Kier alpha value is -4.93. The Morgan fingerprint density at radius 3 is 1.58 bits per heavy atom. The molecular weight excluding hydrogens is 1070 g/mol. The monoisotopic (exact) mass is 1170 g/mol. The Bertz CT molecular complexity index is 2550. The molecule has 1 N–H and O–H groups in total. The zero-order chi connectivity index (χ0) is 61.7. The molecule has 16 heteroatoms. The number of cyclic esters (lactones) is 1. The molecule has 2 aromatic rings. The van der Waals surface area contributed by atoms with Gasteiger partial charge in [0.05, 0.1) is 66.9 Å². The topological polar surface area (TPSA) is 198 Å². The third-order valence-corrected chi connectivity index (χ3v) is 20.5. The summed E-state index contributed by atoms with van der Waals surface area (Å²) in [5.41, 5.74) is -1.26. The fraction of sp³-hybridized carbons (Fsp3) is 0.750. The van der Waals surface area contributed by atoms with Gasteiger partial charge in [0.25, 0.3) is 0 Å². The average molecular weight is 1180 g/mol. The third-order valence-electron chi connectivity index (χ3n) is 20.5. The molecule has 0 spiro atoms. The van der Waals surface area contributed by atoms with Gasteiger partial charge in [-0.05, 0) is 224 Å². The summed E-state index contributed by atoms with van der Waals surface area (Å²) in [5, 5.41) is 10.6. The van der Waals surface area contributed by atoms with Crippen molar-refractivity contribution in [2.24, 2.45) is 57.2 Å². The first-order valence-electron chi connectivity index (χ1n) is 31.4. The number of esters is 5. The van der Waals surface area contributed by atoms with E-state index in [9.17, 15) is 29.1 Å². The predicted molar refractivity (Wildman–Crippen MR) is 317 cm³/mol. The SMILES string of the molecule is CCC(C)(C)C(=O)OC1(C)C2CC3CC(C2)CC1C3.CCC(C)(C)C(=O)OC12CC3CC(CC(O)(C3)C1)C2.CCC(C)(C)C(=O)OC1CCOC1=O.CCC(C)(C)C(=O)OCCOc1ccc(C2(c3ccc(OC)cc3OC)OCCO2)cc1. The van der Waals surface area contributed by atoms with Gasteiger partial charge in [-0.2, -0.15) is 0 Å². The van der Waals surface area contributed by atoms with Crippen molar-refractivity contribution >= 4 is 29.8 Å². The van der Waals surface area contributed by atoms with Crippen LogP contribution in [0.15, 0.2) is 42.5 Å². The Balaban J connectivity index is 0.000000169. The van der Waals surface area contributed by atoms with Crippen LogP contribution in [0.3, 0.4) is 0 Å². The maximum Gasteiger partial charge on any atom is 0.347 e. The first-order chi connectivity index (χ1) is 39.4. The van der Waals surface area contributed by atoms with Gasteiger partial charge < -0.3 is 52.5 Å². The van der Waals surface area contributed by atoms with E-state index in [0.29, 0.717) is 80.0 Å². The highest BCUT2D eigenvalue weighted by Gasteiger charge is 2.60. The number of hydrogen-bond acceptors (Lipinski definition) is 16. The lowest BCUT2D eigenvalue weighted by atomic mass is 9.50. The van der Waals surface area contributed by atoms with Crippen molar-refractivity contribution in [1.29, 1.82) is 0 Å². The zero-order valence-electron chi connectivity index (χ0n) is 53.5. The standard InChI is InChI=1S/C25H32O7.C17H28O2.C16H26O3.C10H16O4/c1-6-24(2,3)23(26)30-14-13-29-19-9-7-18(8-10-19)25(31-15-16-32-25)21-12-11-20(27-4)17-22(21)28-5;1-5-16(2,3)15(18)19-17(4)13-7-11-6-12(9-13)10-14(17)8-11;1-4-14(2,3)13(17)19-16-8-11-5-12(9-16)7-15(18,6-11)10-16;1-4-10(2,3)9(12)14-7-5-6-13-8(7)11/h7-12,17H,6,13-16H2,1-5H3;11-14H,5-10H2,1-4H3;11-12,18H,4-10H2,1-3H3;7H,4-6H2,1-3H3. The Labute approximate surface area is 501 Å². The van der Waals surface area contributed by atoms with Gasteiger partial charge in [-0.1, -0.05) is 27.7 Å². The summed E-state index contributed by atoms with van der Waals surface area (Å²) in [4.78, 5) is 59.5. The number of ether oxygens (including phenoxy) is 10. The molecule has 0 aromatic heterocycles. The van der Waals surface area contributed by atoms with Crippen LogP contribution in [0.25, 0.3) is 0 Å². The fourth-order valence-corrected chi connectivity index (χ4v) is 13.9. The van der Waals surface area contributed by atoms with Crippen LogP contribution in [-0.4, -0.2) is 105 Å². The van der Waals surface area contributed by atoms with Crippen LogP contribution in [-0.2, 0) is 62.9 Å². The fourth-order valence-electron chi connectivity index (χ4n) is 13.9. The van der Waals surface area contributed by atoms with Gasteiger partial charge in [0, 0.05) is 24.5 Å². The smallest absolute Gasteiger partial charge is 0.347 e. The van der Waals surface area contributed by atoms with Crippen LogP contribution in [0.4, 0.5) is 0 Å². The molecule has 2 heterocycles. The number of carbonyl (C=O) groups excluding carboxylic acids is 5. The summed E-state index contributed by atoms with van der Waals surface area (Å²) in [6, 6.07) is 13.0. The molecule has 8 aliphatic carbocycles. The average Bonchev–Trinajstić information content (AvgIpc) is 0.997. The minimum Gasteiger partial charge on any atom is -0.497 e. The summed E-state index contributed by atoms with van der Waals surface area (Å²) in [5.74, 6) is 4.07. The molecule has 470 valence electrons. The first-order valence-corrected chi connectivity index (χ1v) is 31.4. The van der Waals surface area contributed by atoms with Gasteiger partial charge in [0.2, 0.25) is 11.9 Å². The quantitative estimate of drug-likeness (QED) is 0.0791. The summed E-state index contributed by atoms with van der Waals surface area (Å²) in [6.45, 7) is 27.2. The van der Waals surface area contributed by atoms with E-state index in [1.165, 1.54) is 38.5 Å². The number of hydrogen-bond donors (Lipinski definition) is 1. The number of carbonyl (C=O) groups is 5. The minimum atomic E-state index is -1.07. The highest BCUT2D eigenvalue weighted by atomic mass is 16.7. The molecular formula is C68H102O16. The number of methoxy groups -OCH3 is 2. The molecule has 2 saturated heterocycles. The van der Waals surface area contributed by atoms with Crippen molar-refractivity contribution in [3.05, 3.63) is 53.6 Å². The molecule has 0 amide bonds. The second kappa shape index (κ2) is 26.6. The molecule has 3 unspecified atom stereocenters. The highest BCUT2D eigenvalue weighted by molar-refractivity contribution is 5.83. The van der Waals surface area contributed by atoms with E-state index in [4.69, 9.17) is 47.4 Å². The molecule has 84 heavy (non-hydrogen) atoms. The van der Waals surface area contributed by atoms with E-state index < -0.39 is 39.7 Å². The maximum atomic E-state index is 12.5. The van der Waals surface area contributed by atoms with Gasteiger partial charge in [0.1, 0.15) is 41.7 Å². The predicted octanol–water partition coefficient (Wildman–Crippen LogP) is 12.8.